The predicted molar refractivity (Wildman–Crippen MR) is 102 cm³/mol. The molecule has 1 heterocycles. The van der Waals surface area contributed by atoms with Gasteiger partial charge in [0.05, 0.1) is 13.2 Å². The number of methoxy groups -OCH3 is 1. The molecule has 2 aromatic carbocycles. The van der Waals surface area contributed by atoms with Crippen molar-refractivity contribution in [3.63, 3.8) is 0 Å². The standard InChI is InChI=1S/C21H28N2O2/c1-16(22-15-17-4-3-5-21(14-17)25-2)18-6-8-19(9-7-18)23-12-10-20(24)11-13-23/h3-9,14,16,20,22,24H,10-13,15H2,1-2H3. The van der Waals surface area contributed by atoms with Gasteiger partial charge in [-0.25, -0.2) is 0 Å². The Morgan fingerprint density at radius 3 is 2.56 bits per heavy atom. The monoisotopic (exact) mass is 340 g/mol. The highest BCUT2D eigenvalue weighted by molar-refractivity contribution is 5.48. The van der Waals surface area contributed by atoms with Crippen LogP contribution in [0.2, 0.25) is 0 Å². The molecule has 1 atom stereocenters. The summed E-state index contributed by atoms with van der Waals surface area (Å²) in [7, 11) is 1.69. The quantitative estimate of drug-likeness (QED) is 0.845. The van der Waals surface area contributed by atoms with E-state index in [4.69, 9.17) is 4.74 Å². The van der Waals surface area contributed by atoms with Crippen LogP contribution in [0.4, 0.5) is 5.69 Å². The summed E-state index contributed by atoms with van der Waals surface area (Å²) in [5.74, 6) is 0.892. The first-order valence-electron chi connectivity index (χ1n) is 9.05. The van der Waals surface area contributed by atoms with Crippen molar-refractivity contribution < 1.29 is 9.84 Å². The van der Waals surface area contributed by atoms with Crippen molar-refractivity contribution in [1.29, 1.82) is 0 Å². The molecule has 134 valence electrons. The van der Waals surface area contributed by atoms with E-state index in [1.807, 2.05) is 12.1 Å². The minimum Gasteiger partial charge on any atom is -0.497 e. The number of nitrogens with one attached hydrogen (secondary N) is 1. The number of ether oxygens (including phenoxy) is 1. The third-order valence-corrected chi connectivity index (χ3v) is 4.97. The Hall–Kier alpha value is -2.04. The maximum absolute atomic E-state index is 9.63. The lowest BCUT2D eigenvalue weighted by Gasteiger charge is -2.31. The molecule has 2 aromatic rings. The second kappa shape index (κ2) is 8.37. The van der Waals surface area contributed by atoms with Gasteiger partial charge in [-0.3, -0.25) is 0 Å². The normalized spacial score (nSPS) is 16.7. The maximum Gasteiger partial charge on any atom is 0.119 e. The van der Waals surface area contributed by atoms with Crippen molar-refractivity contribution in [3.8, 4) is 5.75 Å². The van der Waals surface area contributed by atoms with Gasteiger partial charge in [-0.05, 0) is 55.2 Å². The van der Waals surface area contributed by atoms with Crippen molar-refractivity contribution in [2.24, 2.45) is 0 Å². The first kappa shape index (κ1) is 17.8. The second-order valence-electron chi connectivity index (χ2n) is 6.76. The fourth-order valence-corrected chi connectivity index (χ4v) is 3.27. The van der Waals surface area contributed by atoms with Crippen LogP contribution in [-0.4, -0.2) is 31.4 Å². The minimum absolute atomic E-state index is 0.128. The van der Waals surface area contributed by atoms with Gasteiger partial charge in [0.15, 0.2) is 0 Å². The number of nitrogens with zero attached hydrogens (tertiary/aromatic N) is 1. The van der Waals surface area contributed by atoms with E-state index in [1.165, 1.54) is 16.8 Å². The van der Waals surface area contributed by atoms with Gasteiger partial charge in [-0.2, -0.15) is 0 Å². The topological polar surface area (TPSA) is 44.7 Å². The predicted octanol–water partition coefficient (Wildman–Crippen LogP) is 3.51. The van der Waals surface area contributed by atoms with Gasteiger partial charge in [0.2, 0.25) is 0 Å². The molecule has 1 aliphatic heterocycles. The van der Waals surface area contributed by atoms with Crippen molar-refractivity contribution in [2.75, 3.05) is 25.1 Å². The van der Waals surface area contributed by atoms with Gasteiger partial charge in [0.25, 0.3) is 0 Å². The molecular formula is C21H28N2O2. The van der Waals surface area contributed by atoms with E-state index in [9.17, 15) is 5.11 Å². The highest BCUT2D eigenvalue weighted by atomic mass is 16.5. The van der Waals surface area contributed by atoms with Crippen molar-refractivity contribution >= 4 is 5.69 Å². The van der Waals surface area contributed by atoms with Crippen LogP contribution in [0.3, 0.4) is 0 Å². The first-order valence-corrected chi connectivity index (χ1v) is 9.05. The summed E-state index contributed by atoms with van der Waals surface area (Å²) in [6.07, 6.45) is 1.59. The number of hydrogen-bond donors (Lipinski definition) is 2. The van der Waals surface area contributed by atoms with E-state index in [1.54, 1.807) is 7.11 Å². The number of piperidine rings is 1. The SMILES string of the molecule is COc1cccc(CNC(C)c2ccc(N3CCC(O)CC3)cc2)c1. The zero-order chi connectivity index (χ0) is 17.6. The highest BCUT2D eigenvalue weighted by Crippen LogP contribution is 2.23. The molecule has 2 N–H and O–H groups in total. The molecular weight excluding hydrogens is 312 g/mol. The Labute approximate surface area is 150 Å². The molecule has 1 aliphatic rings. The number of benzene rings is 2. The fourth-order valence-electron chi connectivity index (χ4n) is 3.27. The Kier molecular flexibility index (Phi) is 5.95. The molecule has 0 bridgehead atoms. The molecule has 4 heteroatoms. The largest absolute Gasteiger partial charge is 0.497 e. The van der Waals surface area contributed by atoms with Crippen LogP contribution >= 0.6 is 0 Å². The third kappa shape index (κ3) is 4.74. The zero-order valence-electron chi connectivity index (χ0n) is 15.1. The van der Waals surface area contributed by atoms with Gasteiger partial charge < -0.3 is 20.1 Å². The first-order chi connectivity index (χ1) is 12.2. The highest BCUT2D eigenvalue weighted by Gasteiger charge is 2.17. The molecule has 1 saturated heterocycles. The van der Waals surface area contributed by atoms with Crippen LogP contribution < -0.4 is 15.0 Å². The molecule has 0 aromatic heterocycles. The van der Waals surface area contributed by atoms with Gasteiger partial charge in [0.1, 0.15) is 5.75 Å². The smallest absolute Gasteiger partial charge is 0.119 e. The molecule has 1 unspecified atom stereocenters. The fraction of sp³-hybridized carbons (Fsp3) is 0.429. The van der Waals surface area contributed by atoms with Crippen molar-refractivity contribution in [1.82, 2.24) is 5.32 Å². The molecule has 0 radical (unpaired) electrons. The maximum atomic E-state index is 9.63. The molecule has 1 fully saturated rings. The van der Waals surface area contributed by atoms with E-state index in [0.717, 1.165) is 38.2 Å². The number of rotatable bonds is 6. The van der Waals surface area contributed by atoms with E-state index in [-0.39, 0.29) is 12.1 Å². The molecule has 4 nitrogen and oxygen atoms in total. The van der Waals surface area contributed by atoms with Crippen LogP contribution in [-0.2, 0) is 6.54 Å². The van der Waals surface area contributed by atoms with Crippen LogP contribution in [0.15, 0.2) is 48.5 Å². The van der Waals surface area contributed by atoms with Gasteiger partial charge in [-0.15, -0.1) is 0 Å². The van der Waals surface area contributed by atoms with Crippen LogP contribution in [0, 0.1) is 0 Å². The summed E-state index contributed by atoms with van der Waals surface area (Å²) < 4.78 is 5.28. The summed E-state index contributed by atoms with van der Waals surface area (Å²) in [6.45, 7) is 4.87. The lowest BCUT2D eigenvalue weighted by atomic mass is 10.0. The van der Waals surface area contributed by atoms with E-state index in [0.29, 0.717) is 0 Å². The lowest BCUT2D eigenvalue weighted by Crippen LogP contribution is -2.35. The Balaban J connectivity index is 1.56. The van der Waals surface area contributed by atoms with Gasteiger partial charge >= 0.3 is 0 Å². The number of aliphatic hydroxyl groups excluding tert-OH is 1. The molecule has 0 aliphatic carbocycles. The Bertz CT molecular complexity index is 664. The number of aliphatic hydroxyl groups is 1. The summed E-state index contributed by atoms with van der Waals surface area (Å²) in [5.41, 5.74) is 3.74. The van der Waals surface area contributed by atoms with Crippen LogP contribution in [0.5, 0.6) is 5.75 Å². The van der Waals surface area contributed by atoms with Crippen LogP contribution in [0.1, 0.15) is 36.9 Å². The molecule has 0 amide bonds. The number of hydrogen-bond acceptors (Lipinski definition) is 4. The van der Waals surface area contributed by atoms with Crippen LogP contribution in [0.25, 0.3) is 0 Å². The summed E-state index contributed by atoms with van der Waals surface area (Å²) in [4.78, 5) is 2.35. The Morgan fingerprint density at radius 1 is 1.16 bits per heavy atom. The Morgan fingerprint density at radius 2 is 1.88 bits per heavy atom. The third-order valence-electron chi connectivity index (χ3n) is 4.97. The summed E-state index contributed by atoms with van der Waals surface area (Å²) in [5, 5.41) is 13.2. The summed E-state index contributed by atoms with van der Waals surface area (Å²) in [6, 6.07) is 17.2. The summed E-state index contributed by atoms with van der Waals surface area (Å²) >= 11 is 0. The molecule has 0 saturated carbocycles. The lowest BCUT2D eigenvalue weighted by molar-refractivity contribution is 0.145. The van der Waals surface area contributed by atoms with E-state index >= 15 is 0 Å². The average Bonchev–Trinajstić information content (AvgIpc) is 2.67. The van der Waals surface area contributed by atoms with E-state index in [2.05, 4.69) is 53.5 Å². The average molecular weight is 340 g/mol. The molecule has 0 spiro atoms. The zero-order valence-corrected chi connectivity index (χ0v) is 15.1. The van der Waals surface area contributed by atoms with Crippen molar-refractivity contribution in [3.05, 3.63) is 59.7 Å². The molecule has 3 rings (SSSR count). The number of anilines is 1. The van der Waals surface area contributed by atoms with Gasteiger partial charge in [-0.1, -0.05) is 24.3 Å². The van der Waals surface area contributed by atoms with Gasteiger partial charge in [0, 0.05) is 31.4 Å². The second-order valence-corrected chi connectivity index (χ2v) is 6.76. The van der Waals surface area contributed by atoms with Crippen molar-refractivity contribution in [2.45, 2.75) is 38.5 Å². The molecule has 25 heavy (non-hydrogen) atoms. The minimum atomic E-state index is -0.128. The van der Waals surface area contributed by atoms with E-state index < -0.39 is 0 Å².